The number of aliphatic hydroxyl groups excluding tert-OH is 1. The molecule has 2 unspecified atom stereocenters. The van der Waals surface area contributed by atoms with Crippen molar-refractivity contribution in [2.75, 3.05) is 39.4 Å². The summed E-state index contributed by atoms with van der Waals surface area (Å²) in [5.74, 6) is -0.679. The van der Waals surface area contributed by atoms with E-state index in [0.717, 1.165) is 45.3 Å². The largest absolute Gasteiger partial charge is 0.480 e. The third kappa shape index (κ3) is 4.64. The molecular weight excluding hydrogens is 272 g/mol. The molecule has 21 heavy (non-hydrogen) atoms. The summed E-state index contributed by atoms with van der Waals surface area (Å²) in [5, 5.41) is 19.1. The van der Waals surface area contributed by atoms with Crippen molar-refractivity contribution in [1.82, 2.24) is 9.80 Å². The van der Waals surface area contributed by atoms with Gasteiger partial charge in [0.2, 0.25) is 0 Å². The van der Waals surface area contributed by atoms with Gasteiger partial charge in [0, 0.05) is 19.2 Å². The number of hydrogen-bond donors (Lipinski definition) is 2. The lowest BCUT2D eigenvalue weighted by atomic mass is 10.0. The highest BCUT2D eigenvalue weighted by Crippen LogP contribution is 2.26. The summed E-state index contributed by atoms with van der Waals surface area (Å²) in [5.41, 5.74) is 0. The second kappa shape index (κ2) is 8.08. The number of carboxylic acids is 1. The van der Waals surface area contributed by atoms with E-state index in [1.165, 1.54) is 0 Å². The molecule has 2 aliphatic rings. The summed E-state index contributed by atoms with van der Waals surface area (Å²) in [6, 6.07) is 0.0963. The van der Waals surface area contributed by atoms with Gasteiger partial charge in [-0.25, -0.2) is 0 Å². The zero-order valence-corrected chi connectivity index (χ0v) is 12.9. The van der Waals surface area contributed by atoms with Gasteiger partial charge in [-0.3, -0.25) is 9.69 Å². The van der Waals surface area contributed by atoms with Crippen LogP contribution in [0.4, 0.5) is 0 Å². The lowest BCUT2D eigenvalue weighted by Crippen LogP contribution is -2.50. The zero-order valence-electron chi connectivity index (χ0n) is 12.9. The summed E-state index contributed by atoms with van der Waals surface area (Å²) in [6.45, 7) is 6.36. The van der Waals surface area contributed by atoms with Crippen LogP contribution in [0.2, 0.25) is 0 Å². The number of rotatable bonds is 7. The Morgan fingerprint density at radius 3 is 2.62 bits per heavy atom. The maximum absolute atomic E-state index is 11.3. The first kappa shape index (κ1) is 16.7. The van der Waals surface area contributed by atoms with Gasteiger partial charge in [-0.05, 0) is 52.2 Å². The molecule has 0 bridgehead atoms. The van der Waals surface area contributed by atoms with Gasteiger partial charge in [0.05, 0.1) is 12.7 Å². The predicted octanol–water partition coefficient (Wildman–Crippen LogP) is 0.397. The van der Waals surface area contributed by atoms with Crippen molar-refractivity contribution in [3.05, 3.63) is 0 Å². The number of likely N-dealkylation sites (tertiary alicyclic amines) is 2. The van der Waals surface area contributed by atoms with Crippen LogP contribution in [0.15, 0.2) is 0 Å². The van der Waals surface area contributed by atoms with Gasteiger partial charge in [-0.2, -0.15) is 0 Å². The van der Waals surface area contributed by atoms with Gasteiger partial charge in [-0.1, -0.05) is 0 Å². The van der Waals surface area contributed by atoms with Gasteiger partial charge >= 0.3 is 5.97 Å². The van der Waals surface area contributed by atoms with Gasteiger partial charge in [0.15, 0.2) is 0 Å². The van der Waals surface area contributed by atoms with Crippen molar-refractivity contribution in [1.29, 1.82) is 0 Å². The van der Waals surface area contributed by atoms with Crippen molar-refractivity contribution in [2.24, 2.45) is 0 Å². The Balaban J connectivity index is 1.74. The van der Waals surface area contributed by atoms with E-state index < -0.39 is 12.1 Å². The molecule has 0 saturated carbocycles. The molecule has 6 heteroatoms. The number of carbonyl (C=O) groups is 1. The first-order chi connectivity index (χ1) is 10.1. The Morgan fingerprint density at radius 2 is 2.00 bits per heavy atom. The molecule has 0 aromatic rings. The molecule has 2 rings (SSSR count). The third-order valence-electron chi connectivity index (χ3n) is 4.59. The lowest BCUT2D eigenvalue weighted by Gasteiger charge is -2.38. The average Bonchev–Trinajstić information content (AvgIpc) is 2.95. The molecule has 2 aliphatic heterocycles. The van der Waals surface area contributed by atoms with Gasteiger partial charge in [0.25, 0.3) is 0 Å². The van der Waals surface area contributed by atoms with Crippen molar-refractivity contribution in [3.8, 4) is 0 Å². The summed E-state index contributed by atoms with van der Waals surface area (Å²) in [4.78, 5) is 15.7. The van der Waals surface area contributed by atoms with Crippen LogP contribution < -0.4 is 0 Å². The maximum atomic E-state index is 11.3. The SMILES string of the molecule is CCOCC(O)CN1CCC(N2CCCC2C(=O)O)CC1. The Hall–Kier alpha value is -0.690. The molecule has 6 nitrogen and oxygen atoms in total. The maximum Gasteiger partial charge on any atom is 0.320 e. The molecule has 2 N–H and O–H groups in total. The minimum absolute atomic E-state index is 0.287. The van der Waals surface area contributed by atoms with Crippen molar-refractivity contribution in [2.45, 2.75) is 50.8 Å². The van der Waals surface area contributed by atoms with Crippen LogP contribution in [-0.4, -0.2) is 83.6 Å². The fourth-order valence-electron chi connectivity index (χ4n) is 3.53. The van der Waals surface area contributed by atoms with Crippen LogP contribution in [0.1, 0.15) is 32.6 Å². The Morgan fingerprint density at radius 1 is 1.29 bits per heavy atom. The summed E-state index contributed by atoms with van der Waals surface area (Å²) in [7, 11) is 0. The van der Waals surface area contributed by atoms with E-state index in [9.17, 15) is 15.0 Å². The predicted molar refractivity (Wildman–Crippen MR) is 79.3 cm³/mol. The van der Waals surface area contributed by atoms with Crippen molar-refractivity contribution >= 4 is 5.97 Å². The van der Waals surface area contributed by atoms with E-state index in [1.54, 1.807) is 0 Å². The number of hydrogen-bond acceptors (Lipinski definition) is 5. The topological polar surface area (TPSA) is 73.2 Å². The van der Waals surface area contributed by atoms with Crippen LogP contribution in [-0.2, 0) is 9.53 Å². The van der Waals surface area contributed by atoms with E-state index in [4.69, 9.17) is 4.74 Å². The molecule has 122 valence electrons. The molecule has 0 amide bonds. The van der Waals surface area contributed by atoms with Gasteiger partial charge in [0.1, 0.15) is 6.04 Å². The summed E-state index contributed by atoms with van der Waals surface area (Å²) >= 11 is 0. The normalized spacial score (nSPS) is 27.0. The number of ether oxygens (including phenoxy) is 1. The Labute approximate surface area is 126 Å². The highest BCUT2D eigenvalue weighted by molar-refractivity contribution is 5.73. The van der Waals surface area contributed by atoms with Crippen molar-refractivity contribution < 1.29 is 19.7 Å². The molecule has 0 spiro atoms. The van der Waals surface area contributed by atoms with E-state index in [1.807, 2.05) is 6.92 Å². The van der Waals surface area contributed by atoms with E-state index in [2.05, 4.69) is 9.80 Å². The monoisotopic (exact) mass is 300 g/mol. The van der Waals surface area contributed by atoms with Crippen LogP contribution in [0.3, 0.4) is 0 Å². The number of piperidine rings is 1. The second-order valence-electron chi connectivity index (χ2n) is 6.08. The summed E-state index contributed by atoms with van der Waals surface area (Å²) in [6.07, 6.45) is 3.32. The Bertz CT molecular complexity index is 332. The number of β-amino-alcohol motifs (C(OH)–C–C–N with tert-alkyl or cyclic N) is 1. The van der Waals surface area contributed by atoms with E-state index in [-0.39, 0.29) is 6.04 Å². The molecule has 2 fully saturated rings. The fourth-order valence-corrected chi connectivity index (χ4v) is 3.53. The van der Waals surface area contributed by atoms with Crippen LogP contribution >= 0.6 is 0 Å². The molecule has 0 aromatic heterocycles. The first-order valence-corrected chi connectivity index (χ1v) is 8.08. The highest BCUT2D eigenvalue weighted by Gasteiger charge is 2.36. The molecule has 2 atom stereocenters. The molecular formula is C15H28N2O4. The molecule has 0 aliphatic carbocycles. The van der Waals surface area contributed by atoms with E-state index >= 15 is 0 Å². The molecule has 2 saturated heterocycles. The van der Waals surface area contributed by atoms with Gasteiger partial charge < -0.3 is 19.8 Å². The number of carboxylic acid groups (broad SMARTS) is 1. The number of nitrogens with zero attached hydrogens (tertiary/aromatic N) is 2. The quantitative estimate of drug-likeness (QED) is 0.709. The molecule has 0 aromatic carbocycles. The number of aliphatic carboxylic acids is 1. The second-order valence-corrected chi connectivity index (χ2v) is 6.08. The average molecular weight is 300 g/mol. The molecule has 0 radical (unpaired) electrons. The van der Waals surface area contributed by atoms with Crippen LogP contribution in [0.25, 0.3) is 0 Å². The fraction of sp³-hybridized carbons (Fsp3) is 0.933. The summed E-state index contributed by atoms with van der Waals surface area (Å²) < 4.78 is 5.23. The van der Waals surface area contributed by atoms with Gasteiger partial charge in [-0.15, -0.1) is 0 Å². The first-order valence-electron chi connectivity index (χ1n) is 8.08. The lowest BCUT2D eigenvalue weighted by molar-refractivity contribution is -0.143. The van der Waals surface area contributed by atoms with Crippen molar-refractivity contribution in [3.63, 3.8) is 0 Å². The van der Waals surface area contributed by atoms with E-state index in [0.29, 0.717) is 25.8 Å². The smallest absolute Gasteiger partial charge is 0.320 e. The standard InChI is InChI=1S/C15H28N2O4/c1-2-21-11-13(18)10-16-8-5-12(6-9-16)17-7-3-4-14(17)15(19)20/h12-14,18H,2-11H2,1H3,(H,19,20). The number of aliphatic hydroxyl groups is 1. The minimum Gasteiger partial charge on any atom is -0.480 e. The minimum atomic E-state index is -0.679. The highest BCUT2D eigenvalue weighted by atomic mass is 16.5. The van der Waals surface area contributed by atoms with Crippen LogP contribution in [0, 0.1) is 0 Å². The van der Waals surface area contributed by atoms with Crippen LogP contribution in [0.5, 0.6) is 0 Å². The molecule has 2 heterocycles. The Kier molecular flexibility index (Phi) is 6.41. The zero-order chi connectivity index (χ0) is 15.2. The third-order valence-corrected chi connectivity index (χ3v) is 4.59.